The number of rotatable bonds is 5. The molecule has 1 atom stereocenters. The second-order valence-corrected chi connectivity index (χ2v) is 4.49. The molecule has 1 aliphatic carbocycles. The molecule has 0 amide bonds. The minimum atomic E-state index is 0.670. The quantitative estimate of drug-likeness (QED) is 0.543. The molecule has 84 valence electrons. The molecule has 14 heavy (non-hydrogen) atoms. The van der Waals surface area contributed by atoms with Crippen molar-refractivity contribution in [3.63, 3.8) is 0 Å². The predicted molar refractivity (Wildman–Crippen MR) is 60.5 cm³/mol. The van der Waals surface area contributed by atoms with E-state index in [9.17, 15) is 0 Å². The number of ether oxygens (including phenoxy) is 1. The van der Waals surface area contributed by atoms with E-state index in [2.05, 4.69) is 12.2 Å². The van der Waals surface area contributed by atoms with Crippen LogP contribution < -0.4 is 5.32 Å². The van der Waals surface area contributed by atoms with Gasteiger partial charge in [0.05, 0.1) is 6.61 Å². The topological polar surface area (TPSA) is 21.3 Å². The Morgan fingerprint density at radius 1 is 1.21 bits per heavy atom. The highest BCUT2D eigenvalue weighted by Crippen LogP contribution is 2.25. The standard InChI is InChI=1S/C12H25NO/c1-11(13-9-10-14-2)12-7-5-3-4-6-8-12/h11-13H,3-10H2,1-2H3/t11-/m1/s1. The molecule has 0 aromatic carbocycles. The zero-order valence-corrected chi connectivity index (χ0v) is 9.72. The van der Waals surface area contributed by atoms with Gasteiger partial charge < -0.3 is 10.1 Å². The van der Waals surface area contributed by atoms with Gasteiger partial charge in [-0.25, -0.2) is 0 Å². The van der Waals surface area contributed by atoms with E-state index in [1.807, 2.05) is 0 Å². The average molecular weight is 199 g/mol. The van der Waals surface area contributed by atoms with Crippen LogP contribution in [-0.4, -0.2) is 26.3 Å². The van der Waals surface area contributed by atoms with Crippen LogP contribution in [0.3, 0.4) is 0 Å². The summed E-state index contributed by atoms with van der Waals surface area (Å²) in [5.41, 5.74) is 0. The summed E-state index contributed by atoms with van der Waals surface area (Å²) < 4.78 is 5.04. The molecule has 0 unspecified atom stereocenters. The predicted octanol–water partition coefficient (Wildman–Crippen LogP) is 2.58. The van der Waals surface area contributed by atoms with E-state index in [4.69, 9.17) is 4.74 Å². The van der Waals surface area contributed by atoms with Gasteiger partial charge in [0.25, 0.3) is 0 Å². The number of nitrogens with one attached hydrogen (secondary N) is 1. The van der Waals surface area contributed by atoms with E-state index in [-0.39, 0.29) is 0 Å². The minimum absolute atomic E-state index is 0.670. The third-order valence-corrected chi connectivity index (χ3v) is 3.38. The molecule has 1 aliphatic rings. The zero-order valence-electron chi connectivity index (χ0n) is 9.72. The number of methoxy groups -OCH3 is 1. The Labute approximate surface area is 88.4 Å². The highest BCUT2D eigenvalue weighted by Gasteiger charge is 2.17. The molecular formula is C12H25NO. The molecular weight excluding hydrogens is 174 g/mol. The molecule has 0 radical (unpaired) electrons. The second-order valence-electron chi connectivity index (χ2n) is 4.49. The molecule has 0 heterocycles. The van der Waals surface area contributed by atoms with E-state index in [1.165, 1.54) is 38.5 Å². The molecule has 0 bridgehead atoms. The third-order valence-electron chi connectivity index (χ3n) is 3.38. The Balaban J connectivity index is 2.16. The van der Waals surface area contributed by atoms with E-state index in [0.29, 0.717) is 6.04 Å². The molecule has 1 rings (SSSR count). The van der Waals surface area contributed by atoms with Crippen LogP contribution in [0.1, 0.15) is 45.4 Å². The molecule has 0 saturated heterocycles. The lowest BCUT2D eigenvalue weighted by molar-refractivity contribution is 0.190. The monoisotopic (exact) mass is 199 g/mol. The lowest BCUT2D eigenvalue weighted by Gasteiger charge is -2.23. The normalized spacial score (nSPS) is 21.9. The molecule has 1 fully saturated rings. The summed E-state index contributed by atoms with van der Waals surface area (Å²) in [6.45, 7) is 4.15. The fourth-order valence-electron chi connectivity index (χ4n) is 2.37. The van der Waals surface area contributed by atoms with Gasteiger partial charge >= 0.3 is 0 Å². The SMILES string of the molecule is COCCN[C@H](C)C1CCCCCC1. The first kappa shape index (κ1) is 12.0. The Morgan fingerprint density at radius 2 is 1.86 bits per heavy atom. The fourth-order valence-corrected chi connectivity index (χ4v) is 2.37. The summed E-state index contributed by atoms with van der Waals surface area (Å²) in [7, 11) is 1.76. The molecule has 2 nitrogen and oxygen atoms in total. The lowest BCUT2D eigenvalue weighted by atomic mass is 9.93. The van der Waals surface area contributed by atoms with Crippen LogP contribution in [0.4, 0.5) is 0 Å². The molecule has 0 spiro atoms. The Bertz CT molecular complexity index is 130. The fraction of sp³-hybridized carbons (Fsp3) is 1.00. The molecule has 2 heteroatoms. The van der Waals surface area contributed by atoms with Crippen molar-refractivity contribution >= 4 is 0 Å². The van der Waals surface area contributed by atoms with Crippen molar-refractivity contribution in [1.29, 1.82) is 0 Å². The van der Waals surface area contributed by atoms with Crippen molar-refractivity contribution in [3.05, 3.63) is 0 Å². The van der Waals surface area contributed by atoms with Gasteiger partial charge in [0, 0.05) is 19.7 Å². The maximum absolute atomic E-state index is 5.04. The van der Waals surface area contributed by atoms with E-state index in [0.717, 1.165) is 19.1 Å². The number of hydrogen-bond acceptors (Lipinski definition) is 2. The van der Waals surface area contributed by atoms with Gasteiger partial charge in [-0.15, -0.1) is 0 Å². The average Bonchev–Trinajstić information content (AvgIpc) is 2.46. The largest absolute Gasteiger partial charge is 0.383 e. The lowest BCUT2D eigenvalue weighted by Crippen LogP contribution is -2.35. The zero-order chi connectivity index (χ0) is 10.2. The maximum atomic E-state index is 5.04. The van der Waals surface area contributed by atoms with Gasteiger partial charge in [-0.3, -0.25) is 0 Å². The summed E-state index contributed by atoms with van der Waals surface area (Å²) in [4.78, 5) is 0. The summed E-state index contributed by atoms with van der Waals surface area (Å²) in [5, 5.41) is 3.56. The van der Waals surface area contributed by atoms with Crippen molar-refractivity contribution < 1.29 is 4.74 Å². The van der Waals surface area contributed by atoms with Crippen molar-refractivity contribution in [2.24, 2.45) is 5.92 Å². The minimum Gasteiger partial charge on any atom is -0.383 e. The van der Waals surface area contributed by atoms with Gasteiger partial charge in [0.1, 0.15) is 0 Å². The Kier molecular flexibility index (Phi) is 6.20. The summed E-state index contributed by atoms with van der Waals surface area (Å²) in [6, 6.07) is 0.670. The Hall–Kier alpha value is -0.0800. The molecule has 0 aromatic heterocycles. The van der Waals surface area contributed by atoms with Crippen LogP contribution in [0.25, 0.3) is 0 Å². The van der Waals surface area contributed by atoms with Gasteiger partial charge in [-0.1, -0.05) is 25.7 Å². The van der Waals surface area contributed by atoms with Gasteiger partial charge in [-0.2, -0.15) is 0 Å². The van der Waals surface area contributed by atoms with Gasteiger partial charge in [-0.05, 0) is 25.7 Å². The first-order valence-corrected chi connectivity index (χ1v) is 6.07. The van der Waals surface area contributed by atoms with Crippen molar-refractivity contribution in [2.45, 2.75) is 51.5 Å². The van der Waals surface area contributed by atoms with Crippen LogP contribution >= 0.6 is 0 Å². The molecule has 1 N–H and O–H groups in total. The van der Waals surface area contributed by atoms with Crippen LogP contribution in [0.5, 0.6) is 0 Å². The highest BCUT2D eigenvalue weighted by atomic mass is 16.5. The maximum Gasteiger partial charge on any atom is 0.0587 e. The first-order chi connectivity index (χ1) is 6.84. The van der Waals surface area contributed by atoms with Crippen molar-refractivity contribution in [1.82, 2.24) is 5.32 Å². The third kappa shape index (κ3) is 4.43. The smallest absolute Gasteiger partial charge is 0.0587 e. The van der Waals surface area contributed by atoms with Crippen molar-refractivity contribution in [3.8, 4) is 0 Å². The van der Waals surface area contributed by atoms with Crippen LogP contribution in [0.2, 0.25) is 0 Å². The first-order valence-electron chi connectivity index (χ1n) is 6.07. The van der Waals surface area contributed by atoms with E-state index in [1.54, 1.807) is 7.11 Å². The molecule has 0 aromatic rings. The van der Waals surface area contributed by atoms with Crippen LogP contribution in [-0.2, 0) is 4.74 Å². The summed E-state index contributed by atoms with van der Waals surface area (Å²) in [5.74, 6) is 0.898. The summed E-state index contributed by atoms with van der Waals surface area (Å²) in [6.07, 6.45) is 8.59. The number of hydrogen-bond donors (Lipinski definition) is 1. The second kappa shape index (κ2) is 7.24. The highest BCUT2D eigenvalue weighted by molar-refractivity contribution is 4.74. The van der Waals surface area contributed by atoms with Crippen LogP contribution in [0.15, 0.2) is 0 Å². The van der Waals surface area contributed by atoms with Crippen molar-refractivity contribution in [2.75, 3.05) is 20.3 Å². The van der Waals surface area contributed by atoms with Gasteiger partial charge in [0.2, 0.25) is 0 Å². The van der Waals surface area contributed by atoms with E-state index >= 15 is 0 Å². The Morgan fingerprint density at radius 3 is 2.43 bits per heavy atom. The van der Waals surface area contributed by atoms with E-state index < -0.39 is 0 Å². The van der Waals surface area contributed by atoms with Gasteiger partial charge in [0.15, 0.2) is 0 Å². The molecule has 0 aliphatic heterocycles. The summed E-state index contributed by atoms with van der Waals surface area (Å²) >= 11 is 0. The molecule has 1 saturated carbocycles. The van der Waals surface area contributed by atoms with Crippen LogP contribution in [0, 0.1) is 5.92 Å².